The number of piperidine rings is 1. The van der Waals surface area contributed by atoms with Crippen molar-refractivity contribution in [1.82, 2.24) is 19.8 Å². The lowest BCUT2D eigenvalue weighted by molar-refractivity contribution is 0.00158. The van der Waals surface area contributed by atoms with Gasteiger partial charge in [-0.2, -0.15) is 10.2 Å². The summed E-state index contributed by atoms with van der Waals surface area (Å²) in [5.74, 6) is 1.70. The van der Waals surface area contributed by atoms with Crippen LogP contribution in [-0.4, -0.2) is 84.3 Å². The second-order valence-electron chi connectivity index (χ2n) is 10.2. The van der Waals surface area contributed by atoms with Crippen LogP contribution in [0.4, 0.5) is 0 Å². The number of hydrogen-bond acceptors (Lipinski definition) is 8. The molecule has 5 rings (SSSR count). The van der Waals surface area contributed by atoms with Crippen LogP contribution >= 0.6 is 0 Å². The Bertz CT molecular complexity index is 1250. The summed E-state index contributed by atoms with van der Waals surface area (Å²) < 4.78 is 17.1. The highest BCUT2D eigenvalue weighted by Gasteiger charge is 2.29. The molecule has 2 fully saturated rings. The molecule has 3 heterocycles. The largest absolute Gasteiger partial charge is 0.496 e. The topological polar surface area (TPSA) is 101 Å². The first-order valence-electron chi connectivity index (χ1n) is 13.4. The van der Waals surface area contributed by atoms with Crippen LogP contribution in [0.25, 0.3) is 5.57 Å². The smallest absolute Gasteiger partial charge is 0.253 e. The lowest BCUT2D eigenvalue weighted by Crippen LogP contribution is -2.50. The maximum atomic E-state index is 13.3. The molecular weight excluding hydrogens is 482 g/mol. The van der Waals surface area contributed by atoms with Crippen molar-refractivity contribution in [3.05, 3.63) is 52.5 Å². The maximum absolute atomic E-state index is 13.3. The van der Waals surface area contributed by atoms with Crippen LogP contribution in [0.5, 0.6) is 11.6 Å². The standard InChI is InChI=1S/C29H35N5O4/c1-19(2)38-28-27-22(18-30)6-7-24(27)31-26(32-28)17-20-4-5-21(16-25(20)36-3)29(35)34-10-8-23(9-11-34)33-12-14-37-15-13-33/h4-6,16,19,23H,7-15,17H2,1-3H3. The zero-order valence-electron chi connectivity index (χ0n) is 22.4. The molecule has 3 aliphatic rings. The number of nitriles is 1. The van der Waals surface area contributed by atoms with Gasteiger partial charge in [-0.25, -0.2) is 4.98 Å². The van der Waals surface area contributed by atoms with Crippen molar-refractivity contribution in [1.29, 1.82) is 5.26 Å². The average molecular weight is 518 g/mol. The van der Waals surface area contributed by atoms with Crippen molar-refractivity contribution in [3.8, 4) is 17.7 Å². The minimum Gasteiger partial charge on any atom is -0.496 e. The fourth-order valence-electron chi connectivity index (χ4n) is 5.49. The molecule has 1 amide bonds. The van der Waals surface area contributed by atoms with Gasteiger partial charge in [-0.1, -0.05) is 12.1 Å². The van der Waals surface area contributed by atoms with Crippen molar-refractivity contribution in [2.24, 2.45) is 0 Å². The van der Waals surface area contributed by atoms with Crippen molar-refractivity contribution in [2.75, 3.05) is 46.5 Å². The molecule has 0 unspecified atom stereocenters. The van der Waals surface area contributed by atoms with Gasteiger partial charge in [-0.05, 0) is 38.8 Å². The lowest BCUT2D eigenvalue weighted by atomic mass is 10.0. The molecule has 0 spiro atoms. The molecule has 2 aliphatic heterocycles. The molecule has 1 aromatic carbocycles. The van der Waals surface area contributed by atoms with E-state index < -0.39 is 0 Å². The second-order valence-corrected chi connectivity index (χ2v) is 10.2. The second kappa shape index (κ2) is 11.5. The zero-order chi connectivity index (χ0) is 26.6. The van der Waals surface area contributed by atoms with Crippen molar-refractivity contribution >= 4 is 11.5 Å². The molecule has 1 aromatic heterocycles. The number of aromatic nitrogens is 2. The van der Waals surface area contributed by atoms with Gasteiger partial charge in [0.25, 0.3) is 5.91 Å². The maximum Gasteiger partial charge on any atom is 0.253 e. The van der Waals surface area contributed by atoms with E-state index in [2.05, 4.69) is 16.0 Å². The van der Waals surface area contributed by atoms with Gasteiger partial charge >= 0.3 is 0 Å². The Labute approximate surface area is 224 Å². The molecule has 2 aromatic rings. The number of nitrogens with zero attached hydrogens (tertiary/aromatic N) is 5. The lowest BCUT2D eigenvalue weighted by Gasteiger charge is -2.40. The molecular formula is C29H35N5O4. The number of amides is 1. The number of hydrogen-bond donors (Lipinski definition) is 0. The van der Waals surface area contributed by atoms with Gasteiger partial charge in [0, 0.05) is 56.2 Å². The number of allylic oxidation sites excluding steroid dienone is 2. The first-order chi connectivity index (χ1) is 18.5. The predicted octanol–water partition coefficient (Wildman–Crippen LogP) is 3.26. The van der Waals surface area contributed by atoms with E-state index in [0.29, 0.717) is 53.0 Å². The normalized spacial score (nSPS) is 18.2. The summed E-state index contributed by atoms with van der Waals surface area (Å²) in [5, 5.41) is 9.50. The van der Waals surface area contributed by atoms with E-state index >= 15 is 0 Å². The van der Waals surface area contributed by atoms with E-state index in [-0.39, 0.29) is 12.0 Å². The molecule has 9 heteroatoms. The monoisotopic (exact) mass is 517 g/mol. The molecule has 0 N–H and O–H groups in total. The van der Waals surface area contributed by atoms with Gasteiger partial charge in [0.1, 0.15) is 11.6 Å². The molecule has 0 bridgehead atoms. The number of ether oxygens (including phenoxy) is 3. The van der Waals surface area contributed by atoms with Crippen molar-refractivity contribution in [3.63, 3.8) is 0 Å². The summed E-state index contributed by atoms with van der Waals surface area (Å²) in [6, 6.07) is 8.35. The molecule has 0 saturated carbocycles. The van der Waals surface area contributed by atoms with E-state index in [1.165, 1.54) is 0 Å². The summed E-state index contributed by atoms with van der Waals surface area (Å²) in [6.07, 6.45) is 4.75. The van der Waals surface area contributed by atoms with E-state index in [4.69, 9.17) is 19.2 Å². The highest BCUT2D eigenvalue weighted by molar-refractivity contribution is 5.95. The molecule has 200 valence electrons. The summed E-state index contributed by atoms with van der Waals surface area (Å²) >= 11 is 0. The van der Waals surface area contributed by atoms with Crippen LogP contribution in [0.15, 0.2) is 24.3 Å². The minimum absolute atomic E-state index is 0.0341. The number of benzene rings is 1. The van der Waals surface area contributed by atoms with E-state index in [9.17, 15) is 10.1 Å². The number of rotatable bonds is 7. The first kappa shape index (κ1) is 26.1. The summed E-state index contributed by atoms with van der Waals surface area (Å²) in [6.45, 7) is 8.93. The zero-order valence-corrected chi connectivity index (χ0v) is 22.4. The van der Waals surface area contributed by atoms with Crippen LogP contribution in [0.2, 0.25) is 0 Å². The van der Waals surface area contributed by atoms with Gasteiger partial charge in [-0.15, -0.1) is 0 Å². The Hall–Kier alpha value is -3.48. The van der Waals surface area contributed by atoms with Crippen molar-refractivity contribution in [2.45, 2.75) is 51.7 Å². The predicted molar refractivity (Wildman–Crippen MR) is 142 cm³/mol. The average Bonchev–Trinajstić information content (AvgIpc) is 3.36. The van der Waals surface area contributed by atoms with Crippen LogP contribution < -0.4 is 9.47 Å². The number of carbonyl (C=O) groups is 1. The van der Waals surface area contributed by atoms with E-state index in [0.717, 1.165) is 63.5 Å². The third-order valence-electron chi connectivity index (χ3n) is 7.43. The van der Waals surface area contributed by atoms with Gasteiger partial charge in [-0.3, -0.25) is 9.69 Å². The molecule has 38 heavy (non-hydrogen) atoms. The molecule has 9 nitrogen and oxygen atoms in total. The van der Waals surface area contributed by atoms with E-state index in [1.54, 1.807) is 7.11 Å². The Morgan fingerprint density at radius 2 is 1.95 bits per heavy atom. The number of carbonyl (C=O) groups excluding carboxylic acids is 1. The third-order valence-corrected chi connectivity index (χ3v) is 7.43. The number of morpholine rings is 1. The van der Waals surface area contributed by atoms with Crippen molar-refractivity contribution < 1.29 is 19.0 Å². The summed E-state index contributed by atoms with van der Waals surface area (Å²) in [7, 11) is 1.61. The quantitative estimate of drug-likeness (QED) is 0.552. The molecule has 1 aliphatic carbocycles. The fourth-order valence-corrected chi connectivity index (χ4v) is 5.49. The molecule has 0 radical (unpaired) electrons. The Morgan fingerprint density at radius 1 is 1.18 bits per heavy atom. The molecule has 0 atom stereocenters. The Balaban J connectivity index is 1.30. The van der Waals surface area contributed by atoms with Gasteiger partial charge < -0.3 is 19.1 Å². The Morgan fingerprint density at radius 3 is 2.63 bits per heavy atom. The van der Waals surface area contributed by atoms with Crippen LogP contribution in [0.3, 0.4) is 0 Å². The fraction of sp³-hybridized carbons (Fsp3) is 0.517. The van der Waals surface area contributed by atoms with Gasteiger partial charge in [0.05, 0.1) is 49.3 Å². The Kier molecular flexibility index (Phi) is 7.91. The first-order valence-corrected chi connectivity index (χ1v) is 13.4. The van der Waals surface area contributed by atoms with Gasteiger partial charge in [0.2, 0.25) is 5.88 Å². The highest BCUT2D eigenvalue weighted by atomic mass is 16.5. The number of likely N-dealkylation sites (tertiary alicyclic amines) is 1. The van der Waals surface area contributed by atoms with Crippen LogP contribution in [0, 0.1) is 11.3 Å². The summed E-state index contributed by atoms with van der Waals surface area (Å²) in [5.41, 5.74) is 3.55. The van der Waals surface area contributed by atoms with Crippen LogP contribution in [-0.2, 0) is 17.6 Å². The minimum atomic E-state index is -0.0823. The SMILES string of the molecule is COc1cc(C(=O)N2CCC(N3CCOCC3)CC2)ccc1Cc1nc2c(c(OC(C)C)n1)C(C#N)=CC2. The van der Waals surface area contributed by atoms with Gasteiger partial charge in [0.15, 0.2) is 0 Å². The van der Waals surface area contributed by atoms with E-state index in [1.807, 2.05) is 43.0 Å². The third kappa shape index (κ3) is 5.52. The van der Waals surface area contributed by atoms with Crippen LogP contribution in [0.1, 0.15) is 59.7 Å². The number of methoxy groups -OCH3 is 1. The number of fused-ring (bicyclic) bond motifs is 1. The molecule has 2 saturated heterocycles. The highest BCUT2D eigenvalue weighted by Crippen LogP contribution is 2.34. The summed E-state index contributed by atoms with van der Waals surface area (Å²) in [4.78, 5) is 27.2.